The molecule has 90 valence electrons. The first-order valence-electron chi connectivity index (χ1n) is 5.77. The third kappa shape index (κ3) is 1.74. The molecule has 5 heteroatoms. The van der Waals surface area contributed by atoms with E-state index in [2.05, 4.69) is 24.0 Å². The van der Waals surface area contributed by atoms with Gasteiger partial charge in [-0.05, 0) is 33.6 Å². The molecular formula is C11H19N3O2. The minimum absolute atomic E-state index is 0.0821. The molecule has 5 nitrogen and oxygen atoms in total. The number of rotatable bonds is 3. The predicted molar refractivity (Wildman–Crippen MR) is 58.9 cm³/mol. The zero-order chi connectivity index (χ0) is 11.8. The lowest BCUT2D eigenvalue weighted by molar-refractivity contribution is 0.00516. The van der Waals surface area contributed by atoms with Gasteiger partial charge in [-0.3, -0.25) is 0 Å². The molecule has 0 aliphatic carbocycles. The van der Waals surface area contributed by atoms with E-state index in [0.717, 1.165) is 25.3 Å². The summed E-state index contributed by atoms with van der Waals surface area (Å²) >= 11 is 0. The van der Waals surface area contributed by atoms with E-state index in [-0.39, 0.29) is 18.2 Å². The fourth-order valence-corrected chi connectivity index (χ4v) is 2.29. The van der Waals surface area contributed by atoms with Gasteiger partial charge in [-0.1, -0.05) is 0 Å². The summed E-state index contributed by atoms with van der Waals surface area (Å²) in [6.45, 7) is 6.86. The van der Waals surface area contributed by atoms with Gasteiger partial charge in [0, 0.05) is 12.6 Å². The molecule has 0 aromatic carbocycles. The third-order valence-corrected chi connectivity index (χ3v) is 3.12. The maximum absolute atomic E-state index is 9.24. The van der Waals surface area contributed by atoms with Crippen LogP contribution in [0.25, 0.3) is 0 Å². The maximum atomic E-state index is 9.24. The Balaban J connectivity index is 2.44. The summed E-state index contributed by atoms with van der Waals surface area (Å²) in [6, 6.07) is 0.230. The molecule has 0 radical (unpaired) electrons. The van der Waals surface area contributed by atoms with Crippen molar-refractivity contribution in [2.45, 2.75) is 51.9 Å². The van der Waals surface area contributed by atoms with E-state index in [1.54, 1.807) is 0 Å². The number of ether oxygens (including phenoxy) is 1. The first-order chi connectivity index (χ1) is 7.58. The Kier molecular flexibility index (Phi) is 2.99. The topological polar surface area (TPSA) is 60.2 Å². The molecule has 1 N–H and O–H groups in total. The predicted octanol–water partition coefficient (Wildman–Crippen LogP) is 1.38. The number of hydrogen-bond acceptors (Lipinski definition) is 4. The van der Waals surface area contributed by atoms with Gasteiger partial charge in [0.15, 0.2) is 11.6 Å². The van der Waals surface area contributed by atoms with Crippen molar-refractivity contribution >= 4 is 0 Å². The highest BCUT2D eigenvalue weighted by atomic mass is 16.5. The Morgan fingerprint density at radius 1 is 1.50 bits per heavy atom. The second kappa shape index (κ2) is 4.14. The highest BCUT2D eigenvalue weighted by molar-refractivity contribution is 5.07. The van der Waals surface area contributed by atoms with Gasteiger partial charge < -0.3 is 14.4 Å². The Bertz CT molecular complexity index is 367. The van der Waals surface area contributed by atoms with Gasteiger partial charge in [-0.2, -0.15) is 0 Å². The van der Waals surface area contributed by atoms with Crippen LogP contribution in [-0.2, 0) is 16.9 Å². The van der Waals surface area contributed by atoms with Crippen LogP contribution in [-0.4, -0.2) is 26.5 Å². The van der Waals surface area contributed by atoms with E-state index in [4.69, 9.17) is 4.74 Å². The van der Waals surface area contributed by atoms with Crippen LogP contribution >= 0.6 is 0 Å². The maximum Gasteiger partial charge on any atom is 0.165 e. The molecule has 0 amide bonds. The van der Waals surface area contributed by atoms with Gasteiger partial charge in [0.2, 0.25) is 0 Å². The van der Waals surface area contributed by atoms with Crippen LogP contribution < -0.4 is 0 Å². The number of aliphatic hydroxyl groups excluding tert-OH is 1. The van der Waals surface area contributed by atoms with Crippen LogP contribution in [0.4, 0.5) is 0 Å². The Morgan fingerprint density at radius 3 is 2.75 bits per heavy atom. The Hall–Kier alpha value is -0.940. The zero-order valence-corrected chi connectivity index (χ0v) is 10.1. The van der Waals surface area contributed by atoms with Gasteiger partial charge in [-0.25, -0.2) is 0 Å². The first kappa shape index (κ1) is 11.5. The molecule has 1 fully saturated rings. The number of hydrogen-bond donors (Lipinski definition) is 1. The van der Waals surface area contributed by atoms with Crippen molar-refractivity contribution in [3.63, 3.8) is 0 Å². The van der Waals surface area contributed by atoms with Gasteiger partial charge in [0.05, 0.1) is 0 Å². The number of aromatic nitrogens is 3. The molecule has 1 aliphatic heterocycles. The lowest BCUT2D eigenvalue weighted by Gasteiger charge is -2.25. The highest BCUT2D eigenvalue weighted by Gasteiger charge is 2.37. The molecule has 0 saturated carbocycles. The molecule has 16 heavy (non-hydrogen) atoms. The molecule has 1 aromatic rings. The number of aliphatic hydroxyl groups is 1. The molecule has 1 aromatic heterocycles. The molecule has 0 bridgehead atoms. The van der Waals surface area contributed by atoms with E-state index >= 15 is 0 Å². The normalized spacial score (nSPS) is 25.6. The average Bonchev–Trinajstić information content (AvgIpc) is 2.83. The monoisotopic (exact) mass is 225 g/mol. The van der Waals surface area contributed by atoms with E-state index in [0.29, 0.717) is 5.82 Å². The van der Waals surface area contributed by atoms with Crippen LogP contribution in [0, 0.1) is 0 Å². The van der Waals surface area contributed by atoms with E-state index in [1.165, 1.54) is 0 Å². The first-order valence-corrected chi connectivity index (χ1v) is 5.77. The molecule has 2 heterocycles. The summed E-state index contributed by atoms with van der Waals surface area (Å²) in [5, 5.41) is 17.5. The van der Waals surface area contributed by atoms with Gasteiger partial charge >= 0.3 is 0 Å². The molecule has 1 unspecified atom stereocenters. The second-order valence-corrected chi connectivity index (χ2v) is 4.74. The molecule has 2 rings (SSSR count). The highest BCUT2D eigenvalue weighted by Crippen LogP contribution is 2.35. The zero-order valence-electron chi connectivity index (χ0n) is 10.1. The van der Waals surface area contributed by atoms with Gasteiger partial charge in [-0.15, -0.1) is 10.2 Å². The Morgan fingerprint density at radius 2 is 2.25 bits per heavy atom. The summed E-state index contributed by atoms with van der Waals surface area (Å²) in [4.78, 5) is 0. The Labute approximate surface area is 95.4 Å². The van der Waals surface area contributed by atoms with E-state index in [9.17, 15) is 5.11 Å². The molecule has 1 saturated heterocycles. The summed E-state index contributed by atoms with van der Waals surface area (Å²) in [5.74, 6) is 1.45. The van der Waals surface area contributed by atoms with Crippen molar-refractivity contribution in [2.24, 2.45) is 0 Å². The van der Waals surface area contributed by atoms with Crippen molar-refractivity contribution in [1.82, 2.24) is 14.8 Å². The quantitative estimate of drug-likeness (QED) is 0.844. The average molecular weight is 225 g/mol. The van der Waals surface area contributed by atoms with E-state index < -0.39 is 0 Å². The van der Waals surface area contributed by atoms with E-state index in [1.807, 2.05) is 11.5 Å². The fraction of sp³-hybridized carbons (Fsp3) is 0.818. The van der Waals surface area contributed by atoms with Crippen LogP contribution in [0.5, 0.6) is 0 Å². The fourth-order valence-electron chi connectivity index (χ4n) is 2.29. The second-order valence-electron chi connectivity index (χ2n) is 4.74. The van der Waals surface area contributed by atoms with Gasteiger partial charge in [0.1, 0.15) is 12.2 Å². The van der Waals surface area contributed by atoms with Crippen LogP contribution in [0.3, 0.4) is 0 Å². The SMILES string of the molecule is CC(C)n1c(CO)nnc1C1(C)CCCO1. The lowest BCUT2D eigenvalue weighted by atomic mass is 10.0. The van der Waals surface area contributed by atoms with Gasteiger partial charge in [0.25, 0.3) is 0 Å². The van der Waals surface area contributed by atoms with Crippen LogP contribution in [0.2, 0.25) is 0 Å². The van der Waals surface area contributed by atoms with Crippen LogP contribution in [0.15, 0.2) is 0 Å². The van der Waals surface area contributed by atoms with Crippen molar-refractivity contribution < 1.29 is 9.84 Å². The molecule has 0 spiro atoms. The summed E-state index contributed by atoms with van der Waals surface area (Å²) in [5.41, 5.74) is -0.343. The largest absolute Gasteiger partial charge is 0.388 e. The molecule has 1 aliphatic rings. The van der Waals surface area contributed by atoms with Crippen molar-refractivity contribution in [3.8, 4) is 0 Å². The summed E-state index contributed by atoms with van der Waals surface area (Å²) < 4.78 is 7.75. The summed E-state index contributed by atoms with van der Waals surface area (Å²) in [6.07, 6.45) is 2.01. The minimum Gasteiger partial charge on any atom is -0.388 e. The molecular weight excluding hydrogens is 206 g/mol. The van der Waals surface area contributed by atoms with Crippen molar-refractivity contribution in [1.29, 1.82) is 0 Å². The number of nitrogens with zero attached hydrogens (tertiary/aromatic N) is 3. The van der Waals surface area contributed by atoms with Crippen LogP contribution in [0.1, 0.15) is 51.3 Å². The smallest absolute Gasteiger partial charge is 0.165 e. The molecule has 1 atom stereocenters. The third-order valence-electron chi connectivity index (χ3n) is 3.12. The van der Waals surface area contributed by atoms with Crippen molar-refractivity contribution in [2.75, 3.05) is 6.61 Å². The standard InChI is InChI=1S/C11H19N3O2/c1-8(2)14-9(7-15)12-13-10(14)11(3)5-4-6-16-11/h8,15H,4-7H2,1-3H3. The van der Waals surface area contributed by atoms with Crippen molar-refractivity contribution in [3.05, 3.63) is 11.6 Å². The summed E-state index contributed by atoms with van der Waals surface area (Å²) in [7, 11) is 0. The minimum atomic E-state index is -0.343. The lowest BCUT2D eigenvalue weighted by Crippen LogP contribution is -2.27.